The van der Waals surface area contributed by atoms with Crippen LogP contribution in [0.5, 0.6) is 0 Å². The summed E-state index contributed by atoms with van der Waals surface area (Å²) >= 11 is 1.39. The highest BCUT2D eigenvalue weighted by Gasteiger charge is 2.10. The fourth-order valence-electron chi connectivity index (χ4n) is 1.38. The number of nitrogens with zero attached hydrogens (tertiary/aromatic N) is 2. The van der Waals surface area contributed by atoms with Gasteiger partial charge in [-0.2, -0.15) is 0 Å². The molecule has 0 aliphatic heterocycles. The smallest absolute Gasteiger partial charge is 0.150 e. The third-order valence-corrected chi connectivity index (χ3v) is 3.20. The number of nitrogens with two attached hydrogens (primary N) is 1. The monoisotopic (exact) mass is 237 g/mol. The van der Waals surface area contributed by atoms with Crippen molar-refractivity contribution in [2.45, 2.75) is 13.3 Å². The summed E-state index contributed by atoms with van der Waals surface area (Å²) < 4.78 is 13.6. The Morgan fingerprint density at radius 2 is 2.19 bits per heavy atom. The van der Waals surface area contributed by atoms with Gasteiger partial charge in [0.05, 0.1) is 0 Å². The number of benzene rings is 1. The van der Waals surface area contributed by atoms with Gasteiger partial charge in [-0.1, -0.05) is 17.4 Å². The van der Waals surface area contributed by atoms with Crippen molar-refractivity contribution >= 4 is 11.3 Å². The molecule has 0 amide bonds. The van der Waals surface area contributed by atoms with Crippen LogP contribution in [0.15, 0.2) is 18.2 Å². The third-order valence-electron chi connectivity index (χ3n) is 2.18. The molecule has 0 atom stereocenters. The summed E-state index contributed by atoms with van der Waals surface area (Å²) in [6.45, 7) is 2.39. The maximum absolute atomic E-state index is 13.6. The quantitative estimate of drug-likeness (QED) is 0.890. The highest BCUT2D eigenvalue weighted by molar-refractivity contribution is 7.14. The Balaban J connectivity index is 2.35. The standard InChI is InChI=1S/C11H12FN3S/c1-7-2-3-8(9(12)6-7)11-15-14-10(16-11)4-5-13/h2-3,6H,4-5,13H2,1H3. The van der Waals surface area contributed by atoms with E-state index in [1.165, 1.54) is 17.4 Å². The Kier molecular flexibility index (Phi) is 3.26. The lowest BCUT2D eigenvalue weighted by Gasteiger charge is -1.98. The first-order valence-corrected chi connectivity index (χ1v) is 5.81. The van der Waals surface area contributed by atoms with Gasteiger partial charge in [0.2, 0.25) is 0 Å². The van der Waals surface area contributed by atoms with Crippen molar-refractivity contribution in [1.29, 1.82) is 0 Å². The lowest BCUT2D eigenvalue weighted by Crippen LogP contribution is -2.01. The maximum atomic E-state index is 13.6. The molecule has 2 aromatic rings. The average molecular weight is 237 g/mol. The van der Waals surface area contributed by atoms with E-state index in [0.29, 0.717) is 23.5 Å². The highest BCUT2D eigenvalue weighted by Crippen LogP contribution is 2.26. The molecule has 0 radical (unpaired) electrons. The van der Waals surface area contributed by atoms with Gasteiger partial charge in [-0.15, -0.1) is 10.2 Å². The van der Waals surface area contributed by atoms with E-state index in [2.05, 4.69) is 10.2 Å². The van der Waals surface area contributed by atoms with Crippen LogP contribution in [0.2, 0.25) is 0 Å². The van der Waals surface area contributed by atoms with Crippen LogP contribution in [-0.2, 0) is 6.42 Å². The summed E-state index contributed by atoms with van der Waals surface area (Å²) in [4.78, 5) is 0. The van der Waals surface area contributed by atoms with Crippen LogP contribution in [0.4, 0.5) is 4.39 Å². The summed E-state index contributed by atoms with van der Waals surface area (Å²) in [5.74, 6) is -0.254. The van der Waals surface area contributed by atoms with E-state index in [1.54, 1.807) is 6.07 Å². The number of aromatic nitrogens is 2. The molecule has 5 heteroatoms. The molecule has 16 heavy (non-hydrogen) atoms. The van der Waals surface area contributed by atoms with Crippen LogP contribution in [0.3, 0.4) is 0 Å². The van der Waals surface area contributed by atoms with Crippen LogP contribution < -0.4 is 5.73 Å². The average Bonchev–Trinajstić information content (AvgIpc) is 2.67. The molecule has 2 rings (SSSR count). The number of rotatable bonds is 3. The maximum Gasteiger partial charge on any atom is 0.150 e. The largest absolute Gasteiger partial charge is 0.330 e. The molecule has 0 aliphatic carbocycles. The number of hydrogen-bond acceptors (Lipinski definition) is 4. The van der Waals surface area contributed by atoms with Gasteiger partial charge < -0.3 is 5.73 Å². The summed E-state index contributed by atoms with van der Waals surface area (Å²) in [6, 6.07) is 5.10. The summed E-state index contributed by atoms with van der Waals surface area (Å²) in [5.41, 5.74) is 6.83. The molecule has 3 nitrogen and oxygen atoms in total. The predicted molar refractivity (Wildman–Crippen MR) is 62.8 cm³/mol. The summed E-state index contributed by atoms with van der Waals surface area (Å²) in [5, 5.41) is 9.39. The first-order chi connectivity index (χ1) is 7.70. The zero-order valence-electron chi connectivity index (χ0n) is 8.90. The molecule has 84 valence electrons. The molecule has 0 saturated heterocycles. The number of aryl methyl sites for hydroxylation is 1. The van der Waals surface area contributed by atoms with Crippen molar-refractivity contribution in [3.8, 4) is 10.6 Å². The van der Waals surface area contributed by atoms with E-state index in [-0.39, 0.29) is 5.82 Å². The second kappa shape index (κ2) is 4.67. The van der Waals surface area contributed by atoms with E-state index in [9.17, 15) is 4.39 Å². The summed E-state index contributed by atoms with van der Waals surface area (Å²) in [6.07, 6.45) is 0.686. The molecule has 0 bridgehead atoms. The highest BCUT2D eigenvalue weighted by atomic mass is 32.1. The lowest BCUT2D eigenvalue weighted by atomic mass is 10.1. The Morgan fingerprint density at radius 1 is 1.38 bits per heavy atom. The van der Waals surface area contributed by atoms with Gasteiger partial charge in [0.15, 0.2) is 5.01 Å². The Hall–Kier alpha value is -1.33. The SMILES string of the molecule is Cc1ccc(-c2nnc(CCN)s2)c(F)c1. The molecule has 0 aliphatic rings. The molecular formula is C11H12FN3S. The first kappa shape index (κ1) is 11.2. The van der Waals surface area contributed by atoms with Crippen molar-refractivity contribution in [2.24, 2.45) is 5.73 Å². The minimum atomic E-state index is -0.254. The second-order valence-corrected chi connectivity index (χ2v) is 4.59. The van der Waals surface area contributed by atoms with Crippen LogP contribution in [0, 0.1) is 12.7 Å². The molecule has 0 saturated carbocycles. The van der Waals surface area contributed by atoms with E-state index in [1.807, 2.05) is 13.0 Å². The van der Waals surface area contributed by atoms with Crippen molar-refractivity contribution < 1.29 is 4.39 Å². The topological polar surface area (TPSA) is 51.8 Å². The molecule has 0 fully saturated rings. The van der Waals surface area contributed by atoms with Crippen molar-refractivity contribution in [2.75, 3.05) is 6.54 Å². The van der Waals surface area contributed by atoms with Crippen LogP contribution in [0.25, 0.3) is 10.6 Å². The Labute approximate surface area is 97.1 Å². The number of hydrogen-bond donors (Lipinski definition) is 1. The normalized spacial score (nSPS) is 10.7. The molecule has 0 spiro atoms. The van der Waals surface area contributed by atoms with Gasteiger partial charge in [0, 0.05) is 12.0 Å². The van der Waals surface area contributed by atoms with Crippen molar-refractivity contribution in [3.63, 3.8) is 0 Å². The van der Waals surface area contributed by atoms with Gasteiger partial charge in [-0.3, -0.25) is 0 Å². The molecule has 2 N–H and O–H groups in total. The van der Waals surface area contributed by atoms with Gasteiger partial charge in [-0.25, -0.2) is 4.39 Å². The van der Waals surface area contributed by atoms with Gasteiger partial charge in [0.25, 0.3) is 0 Å². The zero-order chi connectivity index (χ0) is 11.5. The first-order valence-electron chi connectivity index (χ1n) is 4.99. The fraction of sp³-hybridized carbons (Fsp3) is 0.273. The van der Waals surface area contributed by atoms with Crippen LogP contribution >= 0.6 is 11.3 Å². The van der Waals surface area contributed by atoms with E-state index in [0.717, 1.165) is 10.6 Å². The van der Waals surface area contributed by atoms with Gasteiger partial charge in [-0.05, 0) is 31.2 Å². The molecule has 0 unspecified atom stereocenters. The molecule has 1 aromatic carbocycles. The van der Waals surface area contributed by atoms with Crippen LogP contribution in [0.1, 0.15) is 10.6 Å². The minimum Gasteiger partial charge on any atom is -0.330 e. The Bertz CT molecular complexity index is 496. The van der Waals surface area contributed by atoms with Crippen LogP contribution in [-0.4, -0.2) is 16.7 Å². The molecule has 1 aromatic heterocycles. The molecule has 1 heterocycles. The Morgan fingerprint density at radius 3 is 2.88 bits per heavy atom. The van der Waals surface area contributed by atoms with Gasteiger partial charge >= 0.3 is 0 Å². The van der Waals surface area contributed by atoms with Crippen molar-refractivity contribution in [3.05, 3.63) is 34.6 Å². The predicted octanol–water partition coefficient (Wildman–Crippen LogP) is 2.15. The van der Waals surface area contributed by atoms with Gasteiger partial charge in [0.1, 0.15) is 10.8 Å². The number of halogens is 1. The van der Waals surface area contributed by atoms with E-state index in [4.69, 9.17) is 5.73 Å². The lowest BCUT2D eigenvalue weighted by molar-refractivity contribution is 0.630. The van der Waals surface area contributed by atoms with E-state index >= 15 is 0 Å². The van der Waals surface area contributed by atoms with E-state index < -0.39 is 0 Å². The second-order valence-electron chi connectivity index (χ2n) is 3.52. The zero-order valence-corrected chi connectivity index (χ0v) is 9.72. The third kappa shape index (κ3) is 2.25. The fourth-order valence-corrected chi connectivity index (χ4v) is 2.26. The summed E-state index contributed by atoms with van der Waals surface area (Å²) in [7, 11) is 0. The minimum absolute atomic E-state index is 0.254. The molecular weight excluding hydrogens is 225 g/mol. The van der Waals surface area contributed by atoms with Crippen molar-refractivity contribution in [1.82, 2.24) is 10.2 Å².